The Bertz CT molecular complexity index is 792. The van der Waals surface area contributed by atoms with Crippen molar-refractivity contribution >= 4 is 23.4 Å². The van der Waals surface area contributed by atoms with E-state index in [1.54, 1.807) is 0 Å². The van der Waals surface area contributed by atoms with E-state index in [1.807, 2.05) is 54.0 Å². The van der Waals surface area contributed by atoms with Gasteiger partial charge in [-0.05, 0) is 49.8 Å². The number of aromatic nitrogens is 3. The number of hydrogen-bond acceptors (Lipinski definition) is 3. The van der Waals surface area contributed by atoms with Crippen LogP contribution in [0.4, 0.5) is 0 Å². The molecule has 108 valence electrons. The number of pyridine rings is 1. The summed E-state index contributed by atoms with van der Waals surface area (Å²) in [6, 6.07) is 13.8. The van der Waals surface area contributed by atoms with Gasteiger partial charge in [-0.1, -0.05) is 18.2 Å². The highest BCUT2D eigenvalue weighted by molar-refractivity contribution is 7.71. The van der Waals surface area contributed by atoms with Gasteiger partial charge in [-0.3, -0.25) is 0 Å². The maximum Gasteiger partial charge on any atom is 0.179 e. The largest absolute Gasteiger partial charge is 0.494 e. The average molecular weight is 299 g/mol. The Labute approximate surface area is 128 Å². The van der Waals surface area contributed by atoms with Gasteiger partial charge >= 0.3 is 0 Å². The molecule has 3 rings (SSSR count). The van der Waals surface area contributed by atoms with E-state index in [1.165, 1.54) is 0 Å². The fourth-order valence-corrected chi connectivity index (χ4v) is 2.55. The molecule has 0 spiro atoms. The van der Waals surface area contributed by atoms with E-state index in [-0.39, 0.29) is 0 Å². The number of fused-ring (bicyclic) bond motifs is 1. The summed E-state index contributed by atoms with van der Waals surface area (Å²) in [6.45, 7) is 3.44. The average Bonchev–Trinajstić information content (AvgIpc) is 2.80. The lowest BCUT2D eigenvalue weighted by atomic mass is 10.3. The number of aromatic amines is 1. The van der Waals surface area contributed by atoms with E-state index < -0.39 is 0 Å². The lowest BCUT2D eigenvalue weighted by molar-refractivity contribution is 0.302. The molecule has 4 nitrogen and oxygen atoms in total. The number of para-hydroxylation sites is 1. The number of rotatable bonds is 5. The Balaban J connectivity index is 1.67. The monoisotopic (exact) mass is 299 g/mol. The summed E-state index contributed by atoms with van der Waals surface area (Å²) in [5, 5.41) is 0. The van der Waals surface area contributed by atoms with Crippen LogP contribution in [0.2, 0.25) is 0 Å². The normalized spacial score (nSPS) is 10.9. The summed E-state index contributed by atoms with van der Waals surface area (Å²) in [4.78, 5) is 7.74. The molecule has 2 heterocycles. The molecular formula is C16H17N3OS. The summed E-state index contributed by atoms with van der Waals surface area (Å²) in [6.07, 6.45) is 0.881. The zero-order valence-electron chi connectivity index (χ0n) is 11.9. The van der Waals surface area contributed by atoms with Crippen LogP contribution in [0.3, 0.4) is 0 Å². The highest BCUT2D eigenvalue weighted by Gasteiger charge is 2.05. The highest BCUT2D eigenvalue weighted by atomic mass is 32.1. The summed E-state index contributed by atoms with van der Waals surface area (Å²) in [5.74, 6) is 0.897. The molecule has 0 atom stereocenters. The molecule has 0 amide bonds. The predicted octanol–water partition coefficient (Wildman–Crippen LogP) is 3.87. The Kier molecular flexibility index (Phi) is 4.01. The van der Waals surface area contributed by atoms with Crippen molar-refractivity contribution in [3.63, 3.8) is 0 Å². The van der Waals surface area contributed by atoms with Gasteiger partial charge in [0, 0.05) is 12.2 Å². The minimum Gasteiger partial charge on any atom is -0.494 e. The van der Waals surface area contributed by atoms with E-state index in [0.717, 1.165) is 35.6 Å². The minimum absolute atomic E-state index is 0.657. The van der Waals surface area contributed by atoms with Crippen LogP contribution < -0.4 is 4.74 Å². The third kappa shape index (κ3) is 3.13. The van der Waals surface area contributed by atoms with Crippen molar-refractivity contribution in [1.29, 1.82) is 0 Å². The standard InChI is InChI=1S/C16H17N3OS/c1-12-8-9-14-15(17-12)19(16(21)18-14)10-5-11-20-13-6-3-2-4-7-13/h2-4,6-9H,5,10-11H2,1H3,(H,18,21). The van der Waals surface area contributed by atoms with E-state index in [9.17, 15) is 0 Å². The molecule has 1 aromatic carbocycles. The summed E-state index contributed by atoms with van der Waals surface area (Å²) in [7, 11) is 0. The van der Waals surface area contributed by atoms with Crippen LogP contribution in [0.5, 0.6) is 5.75 Å². The first-order valence-electron chi connectivity index (χ1n) is 6.98. The molecule has 21 heavy (non-hydrogen) atoms. The number of imidazole rings is 1. The number of nitrogens with one attached hydrogen (secondary N) is 1. The third-order valence-electron chi connectivity index (χ3n) is 3.29. The Morgan fingerprint density at radius 2 is 2.00 bits per heavy atom. The number of H-pyrrole nitrogens is 1. The SMILES string of the molecule is Cc1ccc2[nH]c(=S)n(CCCOc3ccccc3)c2n1. The molecule has 0 unspecified atom stereocenters. The van der Waals surface area contributed by atoms with Crippen LogP contribution in [0.25, 0.3) is 11.2 Å². The predicted molar refractivity (Wildman–Crippen MR) is 86.2 cm³/mol. The lowest BCUT2D eigenvalue weighted by Gasteiger charge is -2.07. The van der Waals surface area contributed by atoms with Gasteiger partial charge < -0.3 is 14.3 Å². The van der Waals surface area contributed by atoms with Gasteiger partial charge in [-0.25, -0.2) is 4.98 Å². The molecule has 0 aliphatic carbocycles. The van der Waals surface area contributed by atoms with E-state index in [2.05, 4.69) is 9.97 Å². The third-order valence-corrected chi connectivity index (χ3v) is 3.62. The smallest absolute Gasteiger partial charge is 0.179 e. The second-order valence-electron chi connectivity index (χ2n) is 4.92. The maximum atomic E-state index is 5.70. The first-order valence-corrected chi connectivity index (χ1v) is 7.39. The van der Waals surface area contributed by atoms with Crippen molar-refractivity contribution in [3.05, 3.63) is 52.9 Å². The number of ether oxygens (including phenoxy) is 1. The number of hydrogen-bond donors (Lipinski definition) is 1. The van der Waals surface area contributed by atoms with Crippen molar-refractivity contribution in [3.8, 4) is 5.75 Å². The molecule has 0 radical (unpaired) electrons. The van der Waals surface area contributed by atoms with E-state index in [4.69, 9.17) is 17.0 Å². The molecule has 0 saturated heterocycles. The van der Waals surface area contributed by atoms with Crippen molar-refractivity contribution in [2.75, 3.05) is 6.61 Å². The van der Waals surface area contributed by atoms with E-state index in [0.29, 0.717) is 11.4 Å². The number of benzene rings is 1. The maximum absolute atomic E-state index is 5.70. The minimum atomic E-state index is 0.657. The zero-order valence-corrected chi connectivity index (χ0v) is 12.7. The molecule has 0 bridgehead atoms. The Morgan fingerprint density at radius 3 is 2.81 bits per heavy atom. The zero-order chi connectivity index (χ0) is 14.7. The molecule has 0 aliphatic rings. The van der Waals surface area contributed by atoms with Gasteiger partial charge in [0.2, 0.25) is 0 Å². The summed E-state index contributed by atoms with van der Waals surface area (Å²) in [5.41, 5.74) is 2.89. The Morgan fingerprint density at radius 1 is 1.19 bits per heavy atom. The molecule has 2 aromatic heterocycles. The fraction of sp³-hybridized carbons (Fsp3) is 0.250. The molecular weight excluding hydrogens is 282 g/mol. The van der Waals surface area contributed by atoms with E-state index >= 15 is 0 Å². The second kappa shape index (κ2) is 6.10. The van der Waals surface area contributed by atoms with Crippen molar-refractivity contribution in [2.24, 2.45) is 0 Å². The van der Waals surface area contributed by atoms with Gasteiger partial charge in [0.15, 0.2) is 10.4 Å². The highest BCUT2D eigenvalue weighted by Crippen LogP contribution is 2.13. The van der Waals surface area contributed by atoms with Gasteiger partial charge in [0.1, 0.15) is 5.75 Å². The molecule has 0 aliphatic heterocycles. The van der Waals surface area contributed by atoms with Crippen LogP contribution >= 0.6 is 12.2 Å². The van der Waals surface area contributed by atoms with Gasteiger partial charge in [-0.15, -0.1) is 0 Å². The van der Waals surface area contributed by atoms with Crippen molar-refractivity contribution in [2.45, 2.75) is 19.9 Å². The van der Waals surface area contributed by atoms with Crippen LogP contribution in [0.15, 0.2) is 42.5 Å². The topological polar surface area (TPSA) is 42.8 Å². The molecule has 1 N–H and O–H groups in total. The quantitative estimate of drug-likeness (QED) is 0.574. The van der Waals surface area contributed by atoms with Gasteiger partial charge in [0.25, 0.3) is 0 Å². The van der Waals surface area contributed by atoms with Crippen LogP contribution in [0.1, 0.15) is 12.1 Å². The van der Waals surface area contributed by atoms with Crippen molar-refractivity contribution in [1.82, 2.24) is 14.5 Å². The number of aryl methyl sites for hydroxylation is 2. The summed E-state index contributed by atoms with van der Waals surface area (Å²) < 4.78 is 8.45. The summed E-state index contributed by atoms with van der Waals surface area (Å²) >= 11 is 5.37. The van der Waals surface area contributed by atoms with Crippen LogP contribution in [-0.2, 0) is 6.54 Å². The molecule has 0 fully saturated rings. The Hall–Kier alpha value is -2.14. The molecule has 3 aromatic rings. The number of nitrogens with zero attached hydrogens (tertiary/aromatic N) is 2. The van der Waals surface area contributed by atoms with Gasteiger partial charge in [0.05, 0.1) is 12.1 Å². The van der Waals surface area contributed by atoms with Crippen LogP contribution in [0, 0.1) is 11.7 Å². The van der Waals surface area contributed by atoms with Crippen molar-refractivity contribution < 1.29 is 4.74 Å². The first-order chi connectivity index (χ1) is 10.2. The fourth-order valence-electron chi connectivity index (χ4n) is 2.26. The molecule has 5 heteroatoms. The molecule has 0 saturated carbocycles. The second-order valence-corrected chi connectivity index (χ2v) is 5.31. The lowest BCUT2D eigenvalue weighted by Crippen LogP contribution is -2.05. The first kappa shape index (κ1) is 13.8. The van der Waals surface area contributed by atoms with Gasteiger partial charge in [-0.2, -0.15) is 0 Å². The van der Waals surface area contributed by atoms with Crippen LogP contribution in [-0.4, -0.2) is 21.1 Å².